The summed E-state index contributed by atoms with van der Waals surface area (Å²) >= 11 is 2.04. The molecule has 1 heterocycles. The van der Waals surface area contributed by atoms with E-state index in [1.165, 1.54) is 0 Å². The normalized spacial score (nSPS) is 22.2. The van der Waals surface area contributed by atoms with Crippen LogP contribution in [0.25, 0.3) is 0 Å². The van der Waals surface area contributed by atoms with Gasteiger partial charge in [-0.2, -0.15) is 0 Å². The second kappa shape index (κ2) is 5.87. The van der Waals surface area contributed by atoms with E-state index < -0.39 is 5.97 Å². The van der Waals surface area contributed by atoms with Gasteiger partial charge in [0.05, 0.1) is 17.2 Å². The molecule has 3 N–H and O–H groups in total. The SMILES string of the molecule is C[C@@H]1CNC[C@H]1C(=O)Nc1ccc(I)cc1C(=O)O. The smallest absolute Gasteiger partial charge is 0.337 e. The molecule has 1 aromatic carbocycles. The summed E-state index contributed by atoms with van der Waals surface area (Å²) in [5.74, 6) is -1.01. The Morgan fingerprint density at radius 3 is 2.74 bits per heavy atom. The maximum Gasteiger partial charge on any atom is 0.337 e. The number of carboxylic acids is 1. The summed E-state index contributed by atoms with van der Waals surface area (Å²) in [4.78, 5) is 23.3. The van der Waals surface area contributed by atoms with Crippen molar-refractivity contribution in [1.82, 2.24) is 5.32 Å². The minimum atomic E-state index is -1.04. The minimum absolute atomic E-state index is 0.110. The molecule has 19 heavy (non-hydrogen) atoms. The quantitative estimate of drug-likeness (QED) is 0.705. The zero-order chi connectivity index (χ0) is 14.0. The number of halogens is 1. The molecule has 1 aliphatic heterocycles. The van der Waals surface area contributed by atoms with Crippen LogP contribution < -0.4 is 10.6 Å². The highest BCUT2D eigenvalue weighted by atomic mass is 127. The van der Waals surface area contributed by atoms with E-state index >= 15 is 0 Å². The highest BCUT2D eigenvalue weighted by Crippen LogP contribution is 2.22. The van der Waals surface area contributed by atoms with Crippen LogP contribution >= 0.6 is 22.6 Å². The van der Waals surface area contributed by atoms with Crippen LogP contribution in [-0.2, 0) is 4.79 Å². The van der Waals surface area contributed by atoms with Gasteiger partial charge in [0, 0.05) is 10.1 Å². The third-order valence-corrected chi connectivity index (χ3v) is 4.00. The molecule has 0 spiro atoms. The summed E-state index contributed by atoms with van der Waals surface area (Å²) in [6, 6.07) is 4.96. The van der Waals surface area contributed by atoms with Gasteiger partial charge in [0.15, 0.2) is 0 Å². The first-order chi connectivity index (χ1) is 8.99. The molecule has 0 aromatic heterocycles. The lowest BCUT2D eigenvalue weighted by atomic mass is 9.97. The molecule has 6 heteroatoms. The molecule has 1 fully saturated rings. The molecule has 2 rings (SSSR count). The van der Waals surface area contributed by atoms with Crippen molar-refractivity contribution in [2.45, 2.75) is 6.92 Å². The van der Waals surface area contributed by atoms with E-state index in [2.05, 4.69) is 10.6 Å². The molecule has 1 saturated heterocycles. The van der Waals surface area contributed by atoms with Gasteiger partial charge >= 0.3 is 5.97 Å². The van der Waals surface area contributed by atoms with Crippen molar-refractivity contribution in [2.75, 3.05) is 18.4 Å². The van der Waals surface area contributed by atoms with Crippen LogP contribution in [0, 0.1) is 15.4 Å². The van der Waals surface area contributed by atoms with E-state index in [-0.39, 0.29) is 23.3 Å². The molecule has 1 amide bonds. The monoisotopic (exact) mass is 374 g/mol. The van der Waals surface area contributed by atoms with Crippen molar-refractivity contribution in [3.8, 4) is 0 Å². The number of rotatable bonds is 3. The van der Waals surface area contributed by atoms with Gasteiger partial charge in [-0.05, 0) is 53.3 Å². The lowest BCUT2D eigenvalue weighted by Crippen LogP contribution is -2.28. The van der Waals surface area contributed by atoms with Gasteiger partial charge in [0.2, 0.25) is 5.91 Å². The summed E-state index contributed by atoms with van der Waals surface area (Å²) in [5, 5.41) is 15.0. The Bertz CT molecular complexity index is 519. The predicted octanol–water partition coefficient (Wildman–Crippen LogP) is 1.78. The number of hydrogen-bond acceptors (Lipinski definition) is 3. The topological polar surface area (TPSA) is 78.4 Å². The molecule has 102 valence electrons. The van der Waals surface area contributed by atoms with Gasteiger partial charge in [-0.15, -0.1) is 0 Å². The number of benzene rings is 1. The third kappa shape index (κ3) is 3.24. The van der Waals surface area contributed by atoms with Gasteiger partial charge in [-0.25, -0.2) is 4.79 Å². The fraction of sp³-hybridized carbons (Fsp3) is 0.385. The van der Waals surface area contributed by atoms with E-state index in [1.54, 1.807) is 18.2 Å². The van der Waals surface area contributed by atoms with Gasteiger partial charge in [0.1, 0.15) is 0 Å². The van der Waals surface area contributed by atoms with Crippen LogP contribution in [0.3, 0.4) is 0 Å². The zero-order valence-corrected chi connectivity index (χ0v) is 12.6. The number of nitrogens with one attached hydrogen (secondary N) is 2. The first-order valence-corrected chi connectivity index (χ1v) is 7.11. The van der Waals surface area contributed by atoms with Crippen molar-refractivity contribution in [1.29, 1.82) is 0 Å². The average molecular weight is 374 g/mol. The van der Waals surface area contributed by atoms with Crippen molar-refractivity contribution < 1.29 is 14.7 Å². The summed E-state index contributed by atoms with van der Waals surface area (Å²) in [6.45, 7) is 3.46. The Morgan fingerprint density at radius 2 is 2.16 bits per heavy atom. The highest BCUT2D eigenvalue weighted by molar-refractivity contribution is 14.1. The zero-order valence-electron chi connectivity index (χ0n) is 10.4. The van der Waals surface area contributed by atoms with Crippen LogP contribution in [-0.4, -0.2) is 30.1 Å². The standard InChI is InChI=1S/C13H15IN2O3/c1-7-5-15-6-10(7)12(17)16-11-3-2-8(14)4-9(11)13(18)19/h2-4,7,10,15H,5-6H2,1H3,(H,16,17)(H,18,19)/t7-,10-/m1/s1. The first-order valence-electron chi connectivity index (χ1n) is 6.03. The number of aromatic carboxylic acids is 1. The molecule has 1 aliphatic rings. The molecular formula is C13H15IN2O3. The number of amides is 1. The Hall–Kier alpha value is -1.15. The second-order valence-electron chi connectivity index (χ2n) is 4.73. The Labute approximate surface area is 124 Å². The first kappa shape index (κ1) is 14.3. The van der Waals surface area contributed by atoms with Crippen molar-refractivity contribution >= 4 is 40.2 Å². The fourth-order valence-corrected chi connectivity index (χ4v) is 2.68. The Kier molecular flexibility index (Phi) is 4.41. The second-order valence-corrected chi connectivity index (χ2v) is 5.97. The van der Waals surface area contributed by atoms with E-state index in [0.29, 0.717) is 12.2 Å². The largest absolute Gasteiger partial charge is 0.478 e. The van der Waals surface area contributed by atoms with E-state index in [1.807, 2.05) is 29.5 Å². The number of carboxylic acid groups (broad SMARTS) is 1. The van der Waals surface area contributed by atoms with Crippen LogP contribution in [0.1, 0.15) is 17.3 Å². The molecule has 0 unspecified atom stereocenters. The Morgan fingerprint density at radius 1 is 1.42 bits per heavy atom. The van der Waals surface area contributed by atoms with Crippen molar-refractivity contribution in [3.05, 3.63) is 27.3 Å². The van der Waals surface area contributed by atoms with Gasteiger partial charge in [0.25, 0.3) is 0 Å². The maximum atomic E-state index is 12.1. The number of anilines is 1. The summed E-state index contributed by atoms with van der Waals surface area (Å²) in [7, 11) is 0. The molecule has 2 atom stereocenters. The molecular weight excluding hydrogens is 359 g/mol. The van der Waals surface area contributed by atoms with E-state index in [0.717, 1.165) is 10.1 Å². The van der Waals surface area contributed by atoms with Crippen molar-refractivity contribution in [3.63, 3.8) is 0 Å². The predicted molar refractivity (Wildman–Crippen MR) is 80.3 cm³/mol. The number of carbonyl (C=O) groups excluding carboxylic acids is 1. The van der Waals surface area contributed by atoms with Crippen LogP contribution in [0.15, 0.2) is 18.2 Å². The molecule has 0 aliphatic carbocycles. The molecule has 0 bridgehead atoms. The van der Waals surface area contributed by atoms with Crippen LogP contribution in [0.5, 0.6) is 0 Å². The molecule has 0 radical (unpaired) electrons. The minimum Gasteiger partial charge on any atom is -0.478 e. The summed E-state index contributed by atoms with van der Waals surface area (Å²) in [6.07, 6.45) is 0. The summed E-state index contributed by atoms with van der Waals surface area (Å²) in [5.41, 5.74) is 0.482. The van der Waals surface area contributed by atoms with Crippen LogP contribution in [0.2, 0.25) is 0 Å². The summed E-state index contributed by atoms with van der Waals surface area (Å²) < 4.78 is 0.823. The van der Waals surface area contributed by atoms with Crippen LogP contribution in [0.4, 0.5) is 5.69 Å². The fourth-order valence-electron chi connectivity index (χ4n) is 2.19. The number of carbonyl (C=O) groups is 2. The maximum absolute atomic E-state index is 12.1. The van der Waals surface area contributed by atoms with E-state index in [9.17, 15) is 9.59 Å². The number of hydrogen-bond donors (Lipinski definition) is 3. The van der Waals surface area contributed by atoms with Crippen molar-refractivity contribution in [2.24, 2.45) is 11.8 Å². The lowest BCUT2D eigenvalue weighted by Gasteiger charge is -2.15. The highest BCUT2D eigenvalue weighted by Gasteiger charge is 2.30. The van der Waals surface area contributed by atoms with E-state index in [4.69, 9.17) is 5.11 Å². The third-order valence-electron chi connectivity index (χ3n) is 3.32. The molecule has 0 saturated carbocycles. The lowest BCUT2D eigenvalue weighted by molar-refractivity contribution is -0.120. The van der Waals surface area contributed by atoms with Gasteiger partial charge in [-0.3, -0.25) is 4.79 Å². The van der Waals surface area contributed by atoms with Gasteiger partial charge in [-0.1, -0.05) is 6.92 Å². The van der Waals surface area contributed by atoms with Gasteiger partial charge < -0.3 is 15.7 Å². The molecule has 1 aromatic rings. The average Bonchev–Trinajstić information content (AvgIpc) is 2.77. The Balaban J connectivity index is 2.19. The molecule has 5 nitrogen and oxygen atoms in total.